The molecule has 2 aromatic heterocycles. The molecule has 0 spiro atoms. The lowest BCUT2D eigenvalue weighted by molar-refractivity contribution is -0.118. The molecule has 0 saturated heterocycles. The molecule has 2 aromatic carbocycles. The Morgan fingerprint density at radius 2 is 1.88 bits per heavy atom. The van der Waals surface area contributed by atoms with Gasteiger partial charge in [0.1, 0.15) is 11.6 Å². The number of anilines is 3. The molecule has 4 rings (SSSR count). The van der Waals surface area contributed by atoms with Gasteiger partial charge in [-0.2, -0.15) is 0 Å². The third-order valence-corrected chi connectivity index (χ3v) is 4.49. The number of nitrogens with zero attached hydrogens (tertiary/aromatic N) is 3. The third kappa shape index (κ3) is 5.42. The van der Waals surface area contributed by atoms with Crippen molar-refractivity contribution in [2.75, 3.05) is 17.2 Å². The molecule has 0 atom stereocenters. The van der Waals surface area contributed by atoms with Crippen LogP contribution in [-0.4, -0.2) is 27.5 Å². The third-order valence-electron chi connectivity index (χ3n) is 4.49. The van der Waals surface area contributed by atoms with E-state index in [9.17, 15) is 9.18 Å². The maximum Gasteiger partial charge on any atom is 0.262 e. The lowest BCUT2D eigenvalue weighted by Gasteiger charge is -2.14. The zero-order valence-corrected chi connectivity index (χ0v) is 17.2. The number of carbonyl (C=O) groups excluding carboxylic acids is 1. The molecule has 0 aliphatic carbocycles. The van der Waals surface area contributed by atoms with Crippen molar-refractivity contribution in [1.29, 1.82) is 0 Å². The maximum atomic E-state index is 13.0. The van der Waals surface area contributed by atoms with Gasteiger partial charge in [-0.1, -0.05) is 6.07 Å². The van der Waals surface area contributed by atoms with Gasteiger partial charge in [-0.15, -0.1) is 0 Å². The quantitative estimate of drug-likeness (QED) is 0.441. The van der Waals surface area contributed by atoms with Crippen molar-refractivity contribution in [3.05, 3.63) is 90.6 Å². The molecule has 0 fully saturated rings. The highest BCUT2D eigenvalue weighted by Gasteiger charge is 2.11. The van der Waals surface area contributed by atoms with Crippen LogP contribution in [0.3, 0.4) is 0 Å². The Kier molecular flexibility index (Phi) is 6.31. The number of amides is 1. The molecule has 32 heavy (non-hydrogen) atoms. The summed E-state index contributed by atoms with van der Waals surface area (Å²) in [7, 11) is 0. The van der Waals surface area contributed by atoms with Crippen LogP contribution in [-0.2, 0) is 4.79 Å². The van der Waals surface area contributed by atoms with Crippen LogP contribution in [0.5, 0.6) is 5.75 Å². The predicted octanol–water partition coefficient (Wildman–Crippen LogP) is 4.75. The number of carbonyl (C=O) groups is 1. The van der Waals surface area contributed by atoms with Gasteiger partial charge in [-0.05, 0) is 67.1 Å². The number of benzene rings is 2. The van der Waals surface area contributed by atoms with Gasteiger partial charge in [0.05, 0.1) is 17.1 Å². The number of pyridine rings is 1. The van der Waals surface area contributed by atoms with E-state index in [1.54, 1.807) is 30.7 Å². The number of aryl methyl sites for hydroxylation is 1. The van der Waals surface area contributed by atoms with Crippen LogP contribution >= 0.6 is 0 Å². The normalized spacial score (nSPS) is 10.4. The molecular formula is C24H20FN5O2. The van der Waals surface area contributed by atoms with Crippen molar-refractivity contribution in [3.63, 3.8) is 0 Å². The summed E-state index contributed by atoms with van der Waals surface area (Å²) in [6.45, 7) is 1.73. The standard InChI is InChI=1S/C24H20FN5O2/c1-16-4-9-21(28-23(31)15-32-19-7-5-18(25)6-8-19)22(13-16)30-24-27-12-10-20(29-24)17-3-2-11-26-14-17/h2-14H,15H2,1H3,(H,28,31)(H,27,29,30). The van der Waals surface area contributed by atoms with Crippen molar-refractivity contribution in [3.8, 4) is 17.0 Å². The molecule has 4 aromatic rings. The molecule has 160 valence electrons. The van der Waals surface area contributed by atoms with E-state index in [2.05, 4.69) is 25.6 Å². The van der Waals surface area contributed by atoms with E-state index in [4.69, 9.17) is 4.74 Å². The molecule has 0 saturated carbocycles. The van der Waals surface area contributed by atoms with E-state index < -0.39 is 0 Å². The van der Waals surface area contributed by atoms with Crippen molar-refractivity contribution in [2.24, 2.45) is 0 Å². The van der Waals surface area contributed by atoms with Crippen LogP contribution < -0.4 is 15.4 Å². The Hall–Kier alpha value is -4.33. The first kappa shape index (κ1) is 20.9. The Balaban J connectivity index is 1.47. The fourth-order valence-corrected chi connectivity index (χ4v) is 2.95. The van der Waals surface area contributed by atoms with Crippen LogP contribution in [0.1, 0.15) is 5.56 Å². The highest BCUT2D eigenvalue weighted by molar-refractivity contribution is 5.95. The Morgan fingerprint density at radius 3 is 2.66 bits per heavy atom. The number of ether oxygens (including phenoxy) is 1. The van der Waals surface area contributed by atoms with Gasteiger partial charge < -0.3 is 15.4 Å². The molecule has 0 unspecified atom stereocenters. The number of aromatic nitrogens is 3. The van der Waals surface area contributed by atoms with Crippen molar-refractivity contribution >= 4 is 23.2 Å². The molecule has 0 radical (unpaired) electrons. The van der Waals surface area contributed by atoms with E-state index in [1.807, 2.05) is 31.2 Å². The Labute approximate surface area is 184 Å². The average Bonchev–Trinajstić information content (AvgIpc) is 2.81. The highest BCUT2D eigenvalue weighted by atomic mass is 19.1. The predicted molar refractivity (Wildman–Crippen MR) is 120 cm³/mol. The number of hydrogen-bond acceptors (Lipinski definition) is 6. The van der Waals surface area contributed by atoms with Gasteiger partial charge in [0.25, 0.3) is 5.91 Å². The van der Waals surface area contributed by atoms with Crippen LogP contribution in [0.25, 0.3) is 11.3 Å². The van der Waals surface area contributed by atoms with Gasteiger partial charge in [0.2, 0.25) is 5.95 Å². The van der Waals surface area contributed by atoms with E-state index in [-0.39, 0.29) is 18.3 Å². The fraction of sp³-hybridized carbons (Fsp3) is 0.0833. The molecule has 7 nitrogen and oxygen atoms in total. The van der Waals surface area contributed by atoms with E-state index in [0.29, 0.717) is 23.1 Å². The van der Waals surface area contributed by atoms with Crippen LogP contribution in [0, 0.1) is 12.7 Å². The zero-order chi connectivity index (χ0) is 22.3. The van der Waals surface area contributed by atoms with Crippen molar-refractivity contribution < 1.29 is 13.9 Å². The van der Waals surface area contributed by atoms with Crippen LogP contribution in [0.2, 0.25) is 0 Å². The number of rotatable bonds is 7. The minimum absolute atomic E-state index is 0.216. The summed E-state index contributed by atoms with van der Waals surface area (Å²) in [6, 6.07) is 16.6. The zero-order valence-electron chi connectivity index (χ0n) is 17.2. The second kappa shape index (κ2) is 9.65. The molecule has 0 aliphatic rings. The number of hydrogen-bond donors (Lipinski definition) is 2. The Bertz CT molecular complexity index is 1220. The average molecular weight is 429 g/mol. The fourth-order valence-electron chi connectivity index (χ4n) is 2.95. The molecular weight excluding hydrogens is 409 g/mol. The smallest absolute Gasteiger partial charge is 0.262 e. The van der Waals surface area contributed by atoms with Crippen LogP contribution in [0.15, 0.2) is 79.3 Å². The summed E-state index contributed by atoms with van der Waals surface area (Å²) >= 11 is 0. The number of nitrogens with one attached hydrogen (secondary N) is 2. The molecule has 8 heteroatoms. The maximum absolute atomic E-state index is 13.0. The molecule has 1 amide bonds. The first-order valence-corrected chi connectivity index (χ1v) is 9.86. The molecule has 0 aliphatic heterocycles. The summed E-state index contributed by atoms with van der Waals surface area (Å²) < 4.78 is 18.4. The van der Waals surface area contributed by atoms with Crippen LogP contribution in [0.4, 0.5) is 21.7 Å². The van der Waals surface area contributed by atoms with Crippen molar-refractivity contribution in [2.45, 2.75) is 6.92 Å². The van der Waals surface area contributed by atoms with E-state index >= 15 is 0 Å². The van der Waals surface area contributed by atoms with Gasteiger partial charge in [0, 0.05) is 24.2 Å². The topological polar surface area (TPSA) is 89.0 Å². The molecule has 0 bridgehead atoms. The SMILES string of the molecule is Cc1ccc(NC(=O)COc2ccc(F)cc2)c(Nc2nccc(-c3cccnc3)n2)c1. The van der Waals surface area contributed by atoms with Gasteiger partial charge in [-0.3, -0.25) is 9.78 Å². The summed E-state index contributed by atoms with van der Waals surface area (Å²) in [4.78, 5) is 25.3. The van der Waals surface area contributed by atoms with E-state index in [1.165, 1.54) is 24.3 Å². The second-order valence-electron chi connectivity index (χ2n) is 6.97. The lowest BCUT2D eigenvalue weighted by atomic mass is 10.2. The van der Waals surface area contributed by atoms with E-state index in [0.717, 1.165) is 16.8 Å². The monoisotopic (exact) mass is 429 g/mol. The van der Waals surface area contributed by atoms with Gasteiger partial charge in [-0.25, -0.2) is 14.4 Å². The minimum Gasteiger partial charge on any atom is -0.484 e. The van der Waals surface area contributed by atoms with Gasteiger partial charge in [0.15, 0.2) is 6.61 Å². The minimum atomic E-state index is -0.369. The Morgan fingerprint density at radius 1 is 1.03 bits per heavy atom. The number of halogens is 1. The highest BCUT2D eigenvalue weighted by Crippen LogP contribution is 2.26. The lowest BCUT2D eigenvalue weighted by Crippen LogP contribution is -2.20. The molecule has 2 N–H and O–H groups in total. The summed E-state index contributed by atoms with van der Waals surface area (Å²) in [5.74, 6) is 0.0673. The summed E-state index contributed by atoms with van der Waals surface area (Å²) in [5.41, 5.74) is 3.79. The van der Waals surface area contributed by atoms with Crippen molar-refractivity contribution in [1.82, 2.24) is 15.0 Å². The first-order chi connectivity index (χ1) is 15.6. The molecule has 2 heterocycles. The second-order valence-corrected chi connectivity index (χ2v) is 6.97. The van der Waals surface area contributed by atoms with Gasteiger partial charge >= 0.3 is 0 Å². The largest absolute Gasteiger partial charge is 0.484 e. The summed E-state index contributed by atoms with van der Waals surface area (Å²) in [6.07, 6.45) is 5.08. The first-order valence-electron chi connectivity index (χ1n) is 9.86. The summed E-state index contributed by atoms with van der Waals surface area (Å²) in [5, 5.41) is 5.99.